The molecule has 3 aromatic rings. The minimum Gasteiger partial charge on any atom is -0.481 e. The van der Waals surface area contributed by atoms with Crippen molar-refractivity contribution in [1.29, 1.82) is 5.26 Å². The quantitative estimate of drug-likeness (QED) is 0.614. The number of likely N-dealkylation sites (tertiary alicyclic amines) is 1. The molecule has 2 amide bonds. The zero-order chi connectivity index (χ0) is 21.1. The summed E-state index contributed by atoms with van der Waals surface area (Å²) >= 11 is 0. The molecule has 2 aromatic heterocycles. The van der Waals surface area contributed by atoms with Crippen molar-refractivity contribution in [3.05, 3.63) is 47.9 Å². The van der Waals surface area contributed by atoms with Crippen LogP contribution in [0.2, 0.25) is 0 Å². The number of pyridine rings is 1. The zero-order valence-corrected chi connectivity index (χ0v) is 16.8. The highest BCUT2D eigenvalue weighted by molar-refractivity contribution is 5.89. The number of piperidine rings is 1. The number of methoxy groups -OCH3 is 1. The van der Waals surface area contributed by atoms with E-state index in [9.17, 15) is 4.79 Å². The number of rotatable bonds is 4. The normalized spacial score (nSPS) is 19.2. The van der Waals surface area contributed by atoms with Gasteiger partial charge in [0.05, 0.1) is 47.7 Å². The van der Waals surface area contributed by atoms with Gasteiger partial charge in [0.1, 0.15) is 5.82 Å². The van der Waals surface area contributed by atoms with Crippen LogP contribution in [0, 0.1) is 11.3 Å². The lowest BCUT2D eigenvalue weighted by molar-refractivity contribution is 0.153. The van der Waals surface area contributed by atoms with E-state index in [4.69, 9.17) is 15.0 Å². The number of hydrogen-bond acceptors (Lipinski definition) is 6. The van der Waals surface area contributed by atoms with E-state index in [2.05, 4.69) is 38.6 Å². The fourth-order valence-corrected chi connectivity index (χ4v) is 3.72. The number of anilines is 1. The van der Waals surface area contributed by atoms with Crippen LogP contribution in [-0.4, -0.2) is 52.6 Å². The largest absolute Gasteiger partial charge is 0.481 e. The lowest BCUT2D eigenvalue weighted by Gasteiger charge is -2.36. The van der Waals surface area contributed by atoms with Crippen LogP contribution in [0.25, 0.3) is 11.0 Å². The summed E-state index contributed by atoms with van der Waals surface area (Å²) in [5.41, 5.74) is 2.87. The number of ether oxygens (including phenoxy) is 1. The summed E-state index contributed by atoms with van der Waals surface area (Å²) in [4.78, 5) is 26.8. The molecule has 1 saturated heterocycles. The second-order valence-corrected chi connectivity index (χ2v) is 7.37. The number of aromatic nitrogens is 3. The number of aromatic amines is 1. The molecule has 4 rings (SSSR count). The minimum atomic E-state index is -0.265. The van der Waals surface area contributed by atoms with Crippen molar-refractivity contribution in [2.45, 2.75) is 24.9 Å². The van der Waals surface area contributed by atoms with Crippen LogP contribution in [0.15, 0.2) is 36.5 Å². The Morgan fingerprint density at radius 2 is 2.23 bits per heavy atom. The van der Waals surface area contributed by atoms with Gasteiger partial charge >= 0.3 is 6.03 Å². The highest BCUT2D eigenvalue weighted by Gasteiger charge is 2.30. The zero-order valence-electron chi connectivity index (χ0n) is 16.8. The molecule has 1 aromatic carbocycles. The number of imidazole rings is 1. The van der Waals surface area contributed by atoms with Crippen molar-refractivity contribution in [2.75, 3.05) is 26.0 Å². The van der Waals surface area contributed by atoms with Gasteiger partial charge in [0, 0.05) is 18.7 Å². The number of benzene rings is 1. The first-order valence-electron chi connectivity index (χ1n) is 9.73. The number of carbonyl (C=O) groups is 1. The van der Waals surface area contributed by atoms with E-state index in [1.807, 2.05) is 6.07 Å². The highest BCUT2D eigenvalue weighted by atomic mass is 16.5. The van der Waals surface area contributed by atoms with E-state index in [1.54, 1.807) is 37.6 Å². The number of amides is 2. The molecule has 0 radical (unpaired) electrons. The molecule has 154 valence electrons. The first kappa shape index (κ1) is 19.7. The Kier molecular flexibility index (Phi) is 5.50. The number of carbonyl (C=O) groups excluding carboxylic acids is 1. The van der Waals surface area contributed by atoms with E-state index < -0.39 is 0 Å². The topological polar surface area (TPSA) is 119 Å². The van der Waals surface area contributed by atoms with E-state index in [1.165, 1.54) is 0 Å². The highest BCUT2D eigenvalue weighted by Crippen LogP contribution is 2.29. The van der Waals surface area contributed by atoms with Crippen molar-refractivity contribution in [1.82, 2.24) is 25.2 Å². The van der Waals surface area contributed by atoms with Gasteiger partial charge < -0.3 is 20.4 Å². The Hall–Kier alpha value is -3.64. The van der Waals surface area contributed by atoms with E-state index in [0.717, 1.165) is 36.2 Å². The molecule has 1 aliphatic rings. The predicted octanol–water partition coefficient (Wildman–Crippen LogP) is 2.80. The molecule has 2 atom stereocenters. The summed E-state index contributed by atoms with van der Waals surface area (Å²) in [6.45, 7) is 0.834. The van der Waals surface area contributed by atoms with Crippen LogP contribution >= 0.6 is 0 Å². The van der Waals surface area contributed by atoms with Gasteiger partial charge in [-0.2, -0.15) is 5.26 Å². The SMILES string of the molecule is COc1ccc(NC(=O)N[C@@H]2CCN(C)[C@@H](c3nc4ccc(C#N)cc4[nH]3)C2)cn1. The molecule has 3 N–H and O–H groups in total. The van der Waals surface area contributed by atoms with Crippen LogP contribution in [-0.2, 0) is 0 Å². The third-order valence-corrected chi connectivity index (χ3v) is 5.35. The smallest absolute Gasteiger partial charge is 0.319 e. The minimum absolute atomic E-state index is 0.0142. The van der Waals surface area contributed by atoms with Gasteiger partial charge in [-0.1, -0.05) is 0 Å². The number of nitrogens with zero attached hydrogens (tertiary/aromatic N) is 4. The van der Waals surface area contributed by atoms with Gasteiger partial charge in [-0.15, -0.1) is 0 Å². The third-order valence-electron chi connectivity index (χ3n) is 5.35. The van der Waals surface area contributed by atoms with Gasteiger partial charge in [-0.25, -0.2) is 14.8 Å². The summed E-state index contributed by atoms with van der Waals surface area (Å²) in [7, 11) is 3.60. The van der Waals surface area contributed by atoms with Crippen molar-refractivity contribution in [3.63, 3.8) is 0 Å². The van der Waals surface area contributed by atoms with Crippen molar-refractivity contribution >= 4 is 22.8 Å². The molecule has 0 bridgehead atoms. The molecule has 1 aliphatic heterocycles. The fraction of sp³-hybridized carbons (Fsp3) is 0.333. The average molecular weight is 405 g/mol. The summed E-state index contributed by atoms with van der Waals surface area (Å²) in [6, 6.07) is 10.8. The standard InChI is InChI=1S/C21H23N7O2/c1-28-8-7-14(24-21(29)25-15-4-6-19(30-2)23-12-15)10-18(28)20-26-16-5-3-13(11-22)9-17(16)27-20/h3-6,9,12,14,18H,7-8,10H2,1-2H3,(H,26,27)(H2,24,25,29)/t14-,18-/m1/s1. The van der Waals surface area contributed by atoms with Crippen LogP contribution in [0.3, 0.4) is 0 Å². The van der Waals surface area contributed by atoms with Crippen LogP contribution < -0.4 is 15.4 Å². The van der Waals surface area contributed by atoms with Crippen LogP contribution in [0.4, 0.5) is 10.5 Å². The molecule has 0 unspecified atom stereocenters. The number of nitrogens with one attached hydrogen (secondary N) is 3. The Morgan fingerprint density at radius 1 is 1.37 bits per heavy atom. The van der Waals surface area contributed by atoms with Gasteiger partial charge in [-0.05, 0) is 44.2 Å². The number of H-pyrrole nitrogens is 1. The Balaban J connectivity index is 1.42. The van der Waals surface area contributed by atoms with Crippen molar-refractivity contribution < 1.29 is 9.53 Å². The Bertz CT molecular complexity index is 1090. The second-order valence-electron chi connectivity index (χ2n) is 7.37. The lowest BCUT2D eigenvalue weighted by atomic mass is 9.97. The summed E-state index contributed by atoms with van der Waals surface area (Å²) in [6.07, 6.45) is 3.13. The van der Waals surface area contributed by atoms with Crippen molar-refractivity contribution in [2.24, 2.45) is 0 Å². The average Bonchev–Trinajstić information content (AvgIpc) is 3.18. The summed E-state index contributed by atoms with van der Waals surface area (Å²) in [5, 5.41) is 14.9. The first-order chi connectivity index (χ1) is 14.6. The van der Waals surface area contributed by atoms with Crippen molar-refractivity contribution in [3.8, 4) is 11.9 Å². The molecule has 3 heterocycles. The van der Waals surface area contributed by atoms with E-state index in [-0.39, 0.29) is 18.1 Å². The summed E-state index contributed by atoms with van der Waals surface area (Å²) in [5.74, 6) is 1.33. The molecular weight excluding hydrogens is 382 g/mol. The number of nitriles is 1. The molecule has 1 fully saturated rings. The van der Waals surface area contributed by atoms with E-state index in [0.29, 0.717) is 17.1 Å². The Morgan fingerprint density at radius 3 is 2.97 bits per heavy atom. The lowest BCUT2D eigenvalue weighted by Crippen LogP contribution is -2.46. The maximum atomic E-state index is 12.4. The van der Waals surface area contributed by atoms with Gasteiger partial charge in [0.15, 0.2) is 0 Å². The molecular formula is C21H23N7O2. The molecule has 0 aliphatic carbocycles. The number of fused-ring (bicyclic) bond motifs is 1. The molecule has 9 nitrogen and oxygen atoms in total. The molecule has 0 spiro atoms. The van der Waals surface area contributed by atoms with E-state index >= 15 is 0 Å². The maximum absolute atomic E-state index is 12.4. The fourth-order valence-electron chi connectivity index (χ4n) is 3.72. The third kappa shape index (κ3) is 4.18. The van der Waals surface area contributed by atoms with Crippen LogP contribution in [0.5, 0.6) is 5.88 Å². The maximum Gasteiger partial charge on any atom is 0.319 e. The van der Waals surface area contributed by atoms with Gasteiger partial charge in [-0.3, -0.25) is 4.90 Å². The molecule has 0 saturated carbocycles. The summed E-state index contributed by atoms with van der Waals surface area (Å²) < 4.78 is 5.03. The van der Waals surface area contributed by atoms with Gasteiger partial charge in [0.2, 0.25) is 5.88 Å². The first-order valence-corrected chi connectivity index (χ1v) is 9.73. The van der Waals surface area contributed by atoms with Crippen LogP contribution in [0.1, 0.15) is 30.3 Å². The second kappa shape index (κ2) is 8.39. The molecule has 30 heavy (non-hydrogen) atoms. The monoisotopic (exact) mass is 405 g/mol. The van der Waals surface area contributed by atoms with Gasteiger partial charge in [0.25, 0.3) is 0 Å². The molecule has 9 heteroatoms. The Labute approximate surface area is 174 Å². The number of hydrogen-bond donors (Lipinski definition) is 3. The predicted molar refractivity (Wildman–Crippen MR) is 112 cm³/mol. The number of urea groups is 1.